The quantitative estimate of drug-likeness (QED) is 0.657. The summed E-state index contributed by atoms with van der Waals surface area (Å²) in [5.74, 6) is -0.233. The van der Waals surface area contributed by atoms with Gasteiger partial charge in [-0.3, -0.25) is 14.9 Å². The third-order valence-electron chi connectivity index (χ3n) is 2.75. The number of thiophene rings is 1. The van der Waals surface area contributed by atoms with Crippen LogP contribution in [0.2, 0.25) is 0 Å². The molecule has 0 spiro atoms. The van der Waals surface area contributed by atoms with Crippen LogP contribution in [0.25, 0.3) is 0 Å². The van der Waals surface area contributed by atoms with Gasteiger partial charge in [0.1, 0.15) is 0 Å². The molecule has 7 heteroatoms. The number of benzene rings is 1. The van der Waals surface area contributed by atoms with Crippen molar-refractivity contribution < 1.29 is 14.5 Å². The number of rotatable bonds is 6. The summed E-state index contributed by atoms with van der Waals surface area (Å²) in [4.78, 5) is 23.3. The molecule has 1 aromatic heterocycles. The number of nitro groups is 1. The van der Waals surface area contributed by atoms with E-state index in [9.17, 15) is 14.9 Å². The van der Waals surface area contributed by atoms with Crippen LogP contribution in [0.15, 0.2) is 41.8 Å². The zero-order valence-electron chi connectivity index (χ0n) is 11.3. The molecule has 0 saturated heterocycles. The van der Waals surface area contributed by atoms with Gasteiger partial charge in [-0.1, -0.05) is 18.2 Å². The maximum Gasteiger partial charge on any atom is 0.310 e. The normalized spacial score (nSPS) is 11.7. The summed E-state index contributed by atoms with van der Waals surface area (Å²) in [6, 6.07) is 9.80. The van der Waals surface area contributed by atoms with Gasteiger partial charge in [-0.2, -0.15) is 0 Å². The van der Waals surface area contributed by atoms with Crippen molar-refractivity contribution in [2.75, 3.05) is 0 Å². The second kappa shape index (κ2) is 6.85. The molecule has 0 aliphatic carbocycles. The Morgan fingerprint density at radius 2 is 2.14 bits per heavy atom. The lowest BCUT2D eigenvalue weighted by Gasteiger charge is -2.14. The Balaban J connectivity index is 1.96. The van der Waals surface area contributed by atoms with Crippen molar-refractivity contribution in [1.29, 1.82) is 0 Å². The molecule has 1 heterocycles. The van der Waals surface area contributed by atoms with Gasteiger partial charge < -0.3 is 10.1 Å². The SMILES string of the molecule is C[C@@H](Oc1ccccc1[N+](=O)[O-])C(=O)NCc1cccs1. The minimum atomic E-state index is -0.814. The number of amides is 1. The number of carbonyl (C=O) groups excluding carboxylic acids is 1. The van der Waals surface area contributed by atoms with E-state index >= 15 is 0 Å². The Bertz CT molecular complexity index is 628. The van der Waals surface area contributed by atoms with Crippen LogP contribution in [0.1, 0.15) is 11.8 Å². The first-order valence-corrected chi connectivity index (χ1v) is 7.16. The number of nitrogens with zero attached hydrogens (tertiary/aromatic N) is 1. The fourth-order valence-electron chi connectivity index (χ4n) is 1.68. The summed E-state index contributed by atoms with van der Waals surface area (Å²) < 4.78 is 5.39. The van der Waals surface area contributed by atoms with Gasteiger partial charge in [0.15, 0.2) is 11.9 Å². The van der Waals surface area contributed by atoms with E-state index < -0.39 is 11.0 Å². The third-order valence-corrected chi connectivity index (χ3v) is 3.63. The smallest absolute Gasteiger partial charge is 0.310 e. The highest BCUT2D eigenvalue weighted by Crippen LogP contribution is 2.26. The second-order valence-corrected chi connectivity index (χ2v) is 5.31. The fourth-order valence-corrected chi connectivity index (χ4v) is 2.33. The average Bonchev–Trinajstić information content (AvgIpc) is 2.98. The van der Waals surface area contributed by atoms with Crippen molar-refractivity contribution in [2.45, 2.75) is 19.6 Å². The highest BCUT2D eigenvalue weighted by Gasteiger charge is 2.20. The second-order valence-electron chi connectivity index (χ2n) is 4.28. The number of nitrogens with one attached hydrogen (secondary N) is 1. The largest absolute Gasteiger partial charge is 0.474 e. The summed E-state index contributed by atoms with van der Waals surface area (Å²) in [7, 11) is 0. The van der Waals surface area contributed by atoms with Crippen LogP contribution in [0.5, 0.6) is 5.75 Å². The van der Waals surface area contributed by atoms with Crippen molar-refractivity contribution >= 4 is 22.9 Å². The Morgan fingerprint density at radius 1 is 1.38 bits per heavy atom. The minimum Gasteiger partial charge on any atom is -0.474 e. The molecule has 2 rings (SSSR count). The molecular weight excluding hydrogens is 292 g/mol. The van der Waals surface area contributed by atoms with Crippen LogP contribution in [-0.4, -0.2) is 16.9 Å². The van der Waals surface area contributed by atoms with Crippen molar-refractivity contribution in [2.24, 2.45) is 0 Å². The maximum atomic E-state index is 11.9. The molecule has 110 valence electrons. The first-order valence-electron chi connectivity index (χ1n) is 6.28. The maximum absolute atomic E-state index is 11.9. The van der Waals surface area contributed by atoms with Crippen LogP contribution >= 0.6 is 11.3 Å². The van der Waals surface area contributed by atoms with Gasteiger partial charge in [0.2, 0.25) is 0 Å². The number of ether oxygens (including phenoxy) is 1. The molecular formula is C14H14N2O4S. The number of carbonyl (C=O) groups is 1. The third kappa shape index (κ3) is 4.03. The molecule has 1 atom stereocenters. The van der Waals surface area contributed by atoms with Crippen molar-refractivity contribution in [3.63, 3.8) is 0 Å². The zero-order valence-corrected chi connectivity index (χ0v) is 12.1. The summed E-state index contributed by atoms with van der Waals surface area (Å²) in [6.45, 7) is 1.97. The van der Waals surface area contributed by atoms with Gasteiger partial charge >= 0.3 is 5.69 Å². The lowest BCUT2D eigenvalue weighted by molar-refractivity contribution is -0.386. The van der Waals surface area contributed by atoms with E-state index in [1.807, 2.05) is 17.5 Å². The molecule has 2 aromatic rings. The van der Waals surface area contributed by atoms with Crippen molar-refractivity contribution in [3.05, 3.63) is 56.8 Å². The van der Waals surface area contributed by atoms with Gasteiger partial charge in [-0.05, 0) is 24.4 Å². The van der Waals surface area contributed by atoms with Crippen LogP contribution in [0, 0.1) is 10.1 Å². The van der Waals surface area contributed by atoms with Gasteiger partial charge in [-0.25, -0.2) is 0 Å². The monoisotopic (exact) mass is 306 g/mol. The molecule has 1 amide bonds. The number of hydrogen-bond acceptors (Lipinski definition) is 5. The molecule has 1 aromatic carbocycles. The first-order chi connectivity index (χ1) is 10.1. The highest BCUT2D eigenvalue weighted by molar-refractivity contribution is 7.09. The van der Waals surface area contributed by atoms with Crippen molar-refractivity contribution in [1.82, 2.24) is 5.32 Å². The standard InChI is InChI=1S/C14H14N2O4S/c1-10(14(17)15-9-11-5-4-8-21-11)20-13-7-3-2-6-12(13)16(18)19/h2-8,10H,9H2,1H3,(H,15,17)/t10-/m1/s1. The van der Waals surface area contributed by atoms with E-state index in [-0.39, 0.29) is 17.3 Å². The molecule has 21 heavy (non-hydrogen) atoms. The van der Waals surface area contributed by atoms with Crippen LogP contribution in [0.4, 0.5) is 5.69 Å². The van der Waals surface area contributed by atoms with Crippen LogP contribution in [0.3, 0.4) is 0 Å². The Morgan fingerprint density at radius 3 is 2.81 bits per heavy atom. The van der Waals surface area contributed by atoms with Gasteiger partial charge in [0.05, 0.1) is 11.5 Å². The molecule has 0 unspecified atom stereocenters. The van der Waals surface area contributed by atoms with Gasteiger partial charge in [-0.15, -0.1) is 11.3 Å². The van der Waals surface area contributed by atoms with Gasteiger partial charge in [0.25, 0.3) is 5.91 Å². The first kappa shape index (κ1) is 15.0. The highest BCUT2D eigenvalue weighted by atomic mass is 32.1. The predicted octanol–water partition coefficient (Wildman–Crippen LogP) is 2.74. The number of hydrogen-bond donors (Lipinski definition) is 1. The molecule has 0 aliphatic heterocycles. The fraction of sp³-hybridized carbons (Fsp3) is 0.214. The summed E-state index contributed by atoms with van der Waals surface area (Å²) in [5, 5.41) is 15.5. The molecule has 0 aliphatic rings. The topological polar surface area (TPSA) is 81.5 Å². The summed E-state index contributed by atoms with van der Waals surface area (Å²) in [5.41, 5.74) is -0.157. The summed E-state index contributed by atoms with van der Waals surface area (Å²) in [6.07, 6.45) is -0.814. The Labute approximate surface area is 125 Å². The molecule has 1 N–H and O–H groups in total. The molecule has 0 saturated carbocycles. The zero-order chi connectivity index (χ0) is 15.2. The van der Waals surface area contributed by atoms with E-state index in [0.717, 1.165) is 4.88 Å². The molecule has 6 nitrogen and oxygen atoms in total. The van der Waals surface area contributed by atoms with E-state index in [1.165, 1.54) is 12.1 Å². The number of nitro benzene ring substituents is 1. The molecule has 0 radical (unpaired) electrons. The van der Waals surface area contributed by atoms with Gasteiger partial charge in [0, 0.05) is 10.9 Å². The van der Waals surface area contributed by atoms with E-state index in [1.54, 1.807) is 30.4 Å². The van der Waals surface area contributed by atoms with E-state index in [0.29, 0.717) is 6.54 Å². The van der Waals surface area contributed by atoms with Crippen LogP contribution in [-0.2, 0) is 11.3 Å². The predicted molar refractivity (Wildman–Crippen MR) is 79.4 cm³/mol. The molecule has 0 bridgehead atoms. The van der Waals surface area contributed by atoms with Crippen molar-refractivity contribution in [3.8, 4) is 5.75 Å². The molecule has 0 fully saturated rings. The number of para-hydroxylation sites is 2. The lowest BCUT2D eigenvalue weighted by atomic mass is 10.3. The Kier molecular flexibility index (Phi) is 4.89. The lowest BCUT2D eigenvalue weighted by Crippen LogP contribution is -2.35. The van der Waals surface area contributed by atoms with Crippen LogP contribution < -0.4 is 10.1 Å². The minimum absolute atomic E-state index is 0.0845. The Hall–Kier alpha value is -2.41. The summed E-state index contributed by atoms with van der Waals surface area (Å²) >= 11 is 1.54. The van der Waals surface area contributed by atoms with E-state index in [4.69, 9.17) is 4.74 Å². The van der Waals surface area contributed by atoms with E-state index in [2.05, 4.69) is 5.32 Å². The average molecular weight is 306 g/mol.